The molecule has 0 saturated carbocycles. The molecular weight excluding hydrogens is 511 g/mol. The number of imide groups is 1. The van der Waals surface area contributed by atoms with Gasteiger partial charge in [0.05, 0.1) is 13.7 Å². The van der Waals surface area contributed by atoms with E-state index in [4.69, 9.17) is 32.7 Å². The minimum Gasteiger partial charge on any atom is -0.493 e. The van der Waals surface area contributed by atoms with Crippen molar-refractivity contribution in [2.75, 3.05) is 7.11 Å². The van der Waals surface area contributed by atoms with E-state index in [9.17, 15) is 14.9 Å². The Morgan fingerprint density at radius 1 is 0.973 bits per heavy atom. The van der Waals surface area contributed by atoms with Gasteiger partial charge in [-0.2, -0.15) is 5.26 Å². The average Bonchev–Trinajstić information content (AvgIpc) is 2.90. The monoisotopic (exact) mass is 532 g/mol. The molecule has 4 rings (SSSR count). The topological polar surface area (TPSA) is 79.6 Å². The maximum atomic E-state index is 13.4. The summed E-state index contributed by atoms with van der Waals surface area (Å²) in [4.78, 5) is 27.4. The van der Waals surface area contributed by atoms with E-state index in [2.05, 4.69) is 0 Å². The molecule has 0 spiro atoms. The van der Waals surface area contributed by atoms with Gasteiger partial charge in [-0.15, -0.1) is 0 Å². The van der Waals surface area contributed by atoms with E-state index in [1.54, 1.807) is 67.6 Å². The normalized spacial score (nSPS) is 14.7. The summed E-state index contributed by atoms with van der Waals surface area (Å²) in [5.41, 5.74) is 2.65. The van der Waals surface area contributed by atoms with Crippen LogP contribution in [-0.4, -0.2) is 23.8 Å². The summed E-state index contributed by atoms with van der Waals surface area (Å²) in [6, 6.07) is 21.5. The van der Waals surface area contributed by atoms with Crippen LogP contribution in [0.5, 0.6) is 11.5 Å². The summed E-state index contributed by atoms with van der Waals surface area (Å²) in [7, 11) is 1.52. The Kier molecular flexibility index (Phi) is 7.98. The lowest BCUT2D eigenvalue weighted by molar-refractivity contribution is -0.141. The van der Waals surface area contributed by atoms with E-state index in [-0.39, 0.29) is 17.7 Å². The second-order valence-electron chi connectivity index (χ2n) is 8.28. The molecule has 0 bridgehead atoms. The number of methoxy groups -OCH3 is 1. The lowest BCUT2D eigenvalue weighted by atomic mass is 9.93. The molecule has 0 aromatic heterocycles. The highest BCUT2D eigenvalue weighted by Crippen LogP contribution is 2.33. The molecule has 1 aliphatic heterocycles. The second kappa shape index (κ2) is 11.3. The van der Waals surface area contributed by atoms with Gasteiger partial charge in [0, 0.05) is 15.6 Å². The average molecular weight is 533 g/mol. The molecule has 1 heterocycles. The first-order valence-electron chi connectivity index (χ1n) is 11.3. The zero-order chi connectivity index (χ0) is 26.5. The van der Waals surface area contributed by atoms with Gasteiger partial charge < -0.3 is 9.47 Å². The van der Waals surface area contributed by atoms with Crippen molar-refractivity contribution in [1.82, 2.24) is 4.90 Å². The molecule has 0 saturated heterocycles. The fourth-order valence-corrected chi connectivity index (χ4v) is 4.19. The van der Waals surface area contributed by atoms with Gasteiger partial charge in [-0.25, -0.2) is 0 Å². The summed E-state index contributed by atoms with van der Waals surface area (Å²) >= 11 is 12.2. The van der Waals surface area contributed by atoms with Crippen LogP contribution in [0, 0.1) is 11.3 Å². The lowest BCUT2D eigenvalue weighted by Crippen LogP contribution is -2.42. The van der Waals surface area contributed by atoms with Gasteiger partial charge in [0.1, 0.15) is 18.2 Å². The van der Waals surface area contributed by atoms with Gasteiger partial charge in [-0.1, -0.05) is 59.6 Å². The molecule has 186 valence electrons. The van der Waals surface area contributed by atoms with Gasteiger partial charge in [0.15, 0.2) is 11.5 Å². The van der Waals surface area contributed by atoms with Crippen LogP contribution in [0.4, 0.5) is 0 Å². The van der Waals surface area contributed by atoms with E-state index < -0.39 is 11.8 Å². The Morgan fingerprint density at radius 3 is 2.38 bits per heavy atom. The predicted octanol–water partition coefficient (Wildman–Crippen LogP) is 6.37. The summed E-state index contributed by atoms with van der Waals surface area (Å²) < 4.78 is 11.4. The number of hydrogen-bond donors (Lipinski definition) is 0. The molecule has 3 aromatic carbocycles. The minimum absolute atomic E-state index is 0.0477. The Bertz CT molecular complexity index is 1470. The lowest BCUT2D eigenvalue weighted by Gasteiger charge is -2.27. The highest BCUT2D eigenvalue weighted by Gasteiger charge is 2.35. The molecule has 0 radical (unpaired) electrons. The Labute approximate surface area is 224 Å². The smallest absolute Gasteiger partial charge is 0.271 e. The predicted molar refractivity (Wildman–Crippen MR) is 142 cm³/mol. The maximum absolute atomic E-state index is 13.4. The van der Waals surface area contributed by atoms with Gasteiger partial charge in [0.2, 0.25) is 0 Å². The number of nitrogens with zero attached hydrogens (tertiary/aromatic N) is 2. The summed E-state index contributed by atoms with van der Waals surface area (Å²) in [5, 5.41) is 10.7. The zero-order valence-corrected chi connectivity index (χ0v) is 21.6. The number of ether oxygens (including phenoxy) is 2. The molecule has 3 aromatic rings. The van der Waals surface area contributed by atoms with E-state index in [0.717, 1.165) is 10.5 Å². The molecule has 0 atom stereocenters. The first-order chi connectivity index (χ1) is 17.8. The largest absolute Gasteiger partial charge is 0.493 e. The number of hydrogen-bond acceptors (Lipinski definition) is 5. The minimum atomic E-state index is -0.648. The number of benzene rings is 3. The van der Waals surface area contributed by atoms with Gasteiger partial charge in [0.25, 0.3) is 11.8 Å². The molecule has 6 nitrogen and oxygen atoms in total. The fraction of sp³-hybridized carbons (Fsp3) is 0.138. The van der Waals surface area contributed by atoms with Crippen molar-refractivity contribution in [2.24, 2.45) is 0 Å². The molecular formula is C29H22Cl2N2O4. The molecule has 0 fully saturated rings. The van der Waals surface area contributed by atoms with Crippen LogP contribution in [-0.2, 0) is 22.7 Å². The van der Waals surface area contributed by atoms with Crippen LogP contribution in [0.1, 0.15) is 23.6 Å². The van der Waals surface area contributed by atoms with Crippen LogP contribution in [0.2, 0.25) is 10.0 Å². The van der Waals surface area contributed by atoms with Crippen LogP contribution in [0.25, 0.3) is 6.08 Å². The molecule has 8 heteroatoms. The van der Waals surface area contributed by atoms with Gasteiger partial charge in [-0.3, -0.25) is 14.5 Å². The Hall–Kier alpha value is -4.05. The van der Waals surface area contributed by atoms with Crippen molar-refractivity contribution in [3.8, 4) is 17.6 Å². The third kappa shape index (κ3) is 5.69. The van der Waals surface area contributed by atoms with Crippen molar-refractivity contribution < 1.29 is 19.1 Å². The highest BCUT2D eigenvalue weighted by molar-refractivity contribution is 6.31. The van der Waals surface area contributed by atoms with E-state index in [1.807, 2.05) is 18.2 Å². The van der Waals surface area contributed by atoms with Crippen LogP contribution < -0.4 is 9.47 Å². The third-order valence-electron chi connectivity index (χ3n) is 5.92. The summed E-state index contributed by atoms with van der Waals surface area (Å²) in [6.45, 7) is 1.86. The highest BCUT2D eigenvalue weighted by atomic mass is 35.5. The molecule has 0 N–H and O–H groups in total. The molecule has 37 heavy (non-hydrogen) atoms. The van der Waals surface area contributed by atoms with Crippen LogP contribution >= 0.6 is 23.2 Å². The number of carbonyl (C=O) groups is 2. The second-order valence-corrected chi connectivity index (χ2v) is 9.13. The summed E-state index contributed by atoms with van der Waals surface area (Å²) in [5.74, 6) is -0.165. The SMILES string of the molecule is COc1cc(/C=C2/C(=O)N(Cc3ccccc3Cl)C(=O)C(C#N)=C2C)ccc1OCc1ccc(Cl)cc1. The number of nitriles is 1. The van der Waals surface area contributed by atoms with Crippen molar-refractivity contribution >= 4 is 41.1 Å². The Balaban J connectivity index is 1.64. The van der Waals surface area contributed by atoms with E-state index in [0.29, 0.717) is 44.9 Å². The molecule has 1 aliphatic rings. The first-order valence-corrected chi connectivity index (χ1v) is 12.1. The van der Waals surface area contributed by atoms with Crippen LogP contribution in [0.3, 0.4) is 0 Å². The van der Waals surface area contributed by atoms with Crippen LogP contribution in [0.15, 0.2) is 83.4 Å². The quantitative estimate of drug-likeness (QED) is 0.260. The summed E-state index contributed by atoms with van der Waals surface area (Å²) in [6.07, 6.45) is 1.63. The molecule has 0 unspecified atom stereocenters. The van der Waals surface area contributed by atoms with Crippen molar-refractivity contribution in [2.45, 2.75) is 20.1 Å². The Morgan fingerprint density at radius 2 is 1.70 bits per heavy atom. The molecule has 0 aliphatic carbocycles. The van der Waals surface area contributed by atoms with Gasteiger partial charge in [-0.05, 0) is 65.6 Å². The standard InChI is InChI=1S/C29H22Cl2N2O4/c1-18-23(28(34)33(29(35)24(18)15-32)16-21-5-3-4-6-25(21)31)13-20-9-12-26(27(14-20)36-2)37-17-19-7-10-22(30)11-8-19/h3-14H,16-17H2,1-2H3/b23-13+. The van der Waals surface area contributed by atoms with Gasteiger partial charge >= 0.3 is 0 Å². The fourth-order valence-electron chi connectivity index (χ4n) is 3.87. The number of rotatable bonds is 7. The number of amides is 2. The van der Waals surface area contributed by atoms with E-state index in [1.165, 1.54) is 7.11 Å². The van der Waals surface area contributed by atoms with Crippen molar-refractivity contribution in [3.05, 3.63) is 110 Å². The van der Waals surface area contributed by atoms with E-state index >= 15 is 0 Å². The first kappa shape index (κ1) is 26.0. The number of carbonyl (C=O) groups excluding carboxylic acids is 2. The van der Waals surface area contributed by atoms with Crippen molar-refractivity contribution in [1.29, 1.82) is 5.26 Å². The third-order valence-corrected chi connectivity index (χ3v) is 6.54. The molecule has 2 amide bonds. The van der Waals surface area contributed by atoms with Crippen molar-refractivity contribution in [3.63, 3.8) is 0 Å². The zero-order valence-electron chi connectivity index (χ0n) is 20.1. The number of halogens is 2. The maximum Gasteiger partial charge on any atom is 0.271 e.